The molecule has 2 heterocycles. The first-order valence-corrected chi connectivity index (χ1v) is 6.64. The summed E-state index contributed by atoms with van der Waals surface area (Å²) in [7, 11) is 0. The quantitative estimate of drug-likeness (QED) is 0.708. The van der Waals surface area contributed by atoms with Gasteiger partial charge in [-0.15, -0.1) is 0 Å². The van der Waals surface area contributed by atoms with Crippen LogP contribution >= 0.6 is 0 Å². The van der Waals surface area contributed by atoms with Crippen LogP contribution in [0.3, 0.4) is 0 Å². The zero-order valence-electron chi connectivity index (χ0n) is 11.9. The molecule has 0 saturated carbocycles. The minimum absolute atomic E-state index is 0.104. The third kappa shape index (κ3) is 4.56. The number of carbonyl (C=O) groups is 1. The summed E-state index contributed by atoms with van der Waals surface area (Å²) in [6.45, 7) is 0.518. The Bertz CT molecular complexity index is 690. The number of aromatic nitrogens is 2. The monoisotopic (exact) mass is 325 g/mol. The number of anilines is 2. The highest BCUT2D eigenvalue weighted by molar-refractivity contribution is 5.91. The molecule has 0 atom stereocenters. The van der Waals surface area contributed by atoms with Gasteiger partial charge in [0.1, 0.15) is 11.5 Å². The van der Waals surface area contributed by atoms with E-state index in [9.17, 15) is 18.0 Å². The highest BCUT2D eigenvalue weighted by Crippen LogP contribution is 2.33. The number of nitrogens with two attached hydrogens (primary N) is 1. The molecule has 0 aliphatic heterocycles. The lowest BCUT2D eigenvalue weighted by Crippen LogP contribution is -2.18. The average molecular weight is 325 g/mol. The molecule has 2 aromatic rings. The van der Waals surface area contributed by atoms with Gasteiger partial charge in [-0.2, -0.15) is 13.2 Å². The van der Waals surface area contributed by atoms with Crippen LogP contribution in [0.2, 0.25) is 0 Å². The fraction of sp³-hybridized carbons (Fsp3) is 0.214. The number of alkyl halides is 3. The van der Waals surface area contributed by atoms with Crippen molar-refractivity contribution in [2.24, 2.45) is 5.73 Å². The fourth-order valence-electron chi connectivity index (χ4n) is 1.84. The third-order valence-corrected chi connectivity index (χ3v) is 2.87. The Kier molecular flexibility index (Phi) is 4.99. The van der Waals surface area contributed by atoms with E-state index in [2.05, 4.69) is 20.6 Å². The van der Waals surface area contributed by atoms with Gasteiger partial charge >= 0.3 is 6.18 Å². The number of hydrogen-bond donors (Lipinski definition) is 3. The highest BCUT2D eigenvalue weighted by atomic mass is 19.4. The van der Waals surface area contributed by atoms with E-state index in [0.29, 0.717) is 12.2 Å². The first-order valence-electron chi connectivity index (χ1n) is 6.64. The molecule has 2 aromatic heterocycles. The number of nitrogens with one attached hydrogen (secondary N) is 2. The number of primary amides is 1. The van der Waals surface area contributed by atoms with Gasteiger partial charge in [-0.1, -0.05) is 0 Å². The number of hydrogen-bond acceptors (Lipinski definition) is 5. The van der Waals surface area contributed by atoms with Crippen molar-refractivity contribution in [3.05, 3.63) is 47.9 Å². The van der Waals surface area contributed by atoms with Gasteiger partial charge in [-0.3, -0.25) is 9.78 Å². The molecule has 0 spiro atoms. The van der Waals surface area contributed by atoms with Crippen LogP contribution in [-0.2, 0) is 6.18 Å². The summed E-state index contributed by atoms with van der Waals surface area (Å²) < 4.78 is 38.4. The predicted octanol–water partition coefficient (Wildman–Crippen LogP) is 2.12. The summed E-state index contributed by atoms with van der Waals surface area (Å²) in [5.74, 6) is -0.885. The lowest BCUT2D eigenvalue weighted by molar-refractivity contribution is -0.137. The second-order valence-corrected chi connectivity index (χ2v) is 4.54. The molecule has 0 radical (unpaired) electrons. The predicted molar refractivity (Wildman–Crippen MR) is 79.0 cm³/mol. The third-order valence-electron chi connectivity index (χ3n) is 2.87. The smallest absolute Gasteiger partial charge is 0.383 e. The van der Waals surface area contributed by atoms with Crippen molar-refractivity contribution in [3.8, 4) is 0 Å². The summed E-state index contributed by atoms with van der Waals surface area (Å²) in [6, 6.07) is 5.28. The second-order valence-electron chi connectivity index (χ2n) is 4.54. The Balaban J connectivity index is 1.92. The molecular formula is C14H14F3N5O. The molecule has 4 N–H and O–H groups in total. The molecule has 0 aliphatic carbocycles. The fourth-order valence-corrected chi connectivity index (χ4v) is 1.84. The lowest BCUT2D eigenvalue weighted by atomic mass is 10.2. The summed E-state index contributed by atoms with van der Waals surface area (Å²) in [6.07, 6.45) is -1.77. The maximum atomic E-state index is 12.8. The van der Waals surface area contributed by atoms with Crippen LogP contribution in [0.15, 0.2) is 36.7 Å². The molecule has 0 aromatic carbocycles. The number of halogens is 3. The summed E-state index contributed by atoms with van der Waals surface area (Å²) in [4.78, 5) is 18.5. The summed E-state index contributed by atoms with van der Waals surface area (Å²) in [5, 5.41) is 5.58. The van der Waals surface area contributed by atoms with Gasteiger partial charge in [0, 0.05) is 31.2 Å². The van der Waals surface area contributed by atoms with Crippen LogP contribution in [0.4, 0.5) is 24.7 Å². The average Bonchev–Trinajstić information content (AvgIpc) is 2.51. The molecule has 6 nitrogen and oxygen atoms in total. The number of rotatable bonds is 6. The molecule has 9 heteroatoms. The van der Waals surface area contributed by atoms with Crippen molar-refractivity contribution in [2.45, 2.75) is 6.18 Å². The van der Waals surface area contributed by atoms with E-state index in [0.717, 1.165) is 6.07 Å². The SMILES string of the molecule is NC(=O)c1cc(NCCNc2ncccc2C(F)(F)F)ccn1. The standard InChI is InChI=1S/C14H14F3N5O/c15-14(16,17)10-2-1-4-21-13(10)22-7-6-19-9-3-5-20-11(8-9)12(18)23/h1-5,8H,6-7H2,(H2,18,23)(H,19,20)(H,21,22). The van der Waals surface area contributed by atoms with E-state index in [1.807, 2.05) is 0 Å². The minimum atomic E-state index is -4.47. The highest BCUT2D eigenvalue weighted by Gasteiger charge is 2.33. The Morgan fingerprint density at radius 1 is 1.13 bits per heavy atom. The van der Waals surface area contributed by atoms with E-state index in [1.54, 1.807) is 6.07 Å². The molecular weight excluding hydrogens is 311 g/mol. The number of amides is 1. The van der Waals surface area contributed by atoms with Gasteiger partial charge in [0.05, 0.1) is 5.56 Å². The molecule has 0 bridgehead atoms. The van der Waals surface area contributed by atoms with Gasteiger partial charge in [0.15, 0.2) is 0 Å². The first-order chi connectivity index (χ1) is 10.9. The molecule has 23 heavy (non-hydrogen) atoms. The zero-order valence-corrected chi connectivity index (χ0v) is 11.9. The first kappa shape index (κ1) is 16.5. The number of nitrogens with zero attached hydrogens (tertiary/aromatic N) is 2. The zero-order chi connectivity index (χ0) is 16.9. The summed E-state index contributed by atoms with van der Waals surface area (Å²) in [5.41, 5.74) is 4.99. The van der Waals surface area contributed by atoms with Crippen LogP contribution in [-0.4, -0.2) is 29.0 Å². The molecule has 122 valence electrons. The van der Waals surface area contributed by atoms with Crippen molar-refractivity contribution in [3.63, 3.8) is 0 Å². The van der Waals surface area contributed by atoms with Crippen molar-refractivity contribution in [2.75, 3.05) is 23.7 Å². The van der Waals surface area contributed by atoms with E-state index < -0.39 is 17.6 Å². The minimum Gasteiger partial charge on any atom is -0.383 e. The van der Waals surface area contributed by atoms with Crippen molar-refractivity contribution in [1.29, 1.82) is 0 Å². The molecule has 0 unspecified atom stereocenters. The van der Waals surface area contributed by atoms with Crippen LogP contribution in [0.1, 0.15) is 16.1 Å². The molecule has 0 fully saturated rings. The van der Waals surface area contributed by atoms with Gasteiger partial charge in [0.2, 0.25) is 0 Å². The van der Waals surface area contributed by atoms with E-state index in [-0.39, 0.29) is 18.1 Å². The number of carbonyl (C=O) groups excluding carboxylic acids is 1. The molecule has 0 saturated heterocycles. The topological polar surface area (TPSA) is 92.9 Å². The van der Waals surface area contributed by atoms with Gasteiger partial charge in [-0.25, -0.2) is 4.98 Å². The van der Waals surface area contributed by atoms with Crippen molar-refractivity contribution in [1.82, 2.24) is 9.97 Å². The van der Waals surface area contributed by atoms with Gasteiger partial charge < -0.3 is 16.4 Å². The van der Waals surface area contributed by atoms with Crippen molar-refractivity contribution >= 4 is 17.4 Å². The largest absolute Gasteiger partial charge is 0.419 e. The van der Waals surface area contributed by atoms with Gasteiger partial charge in [-0.05, 0) is 24.3 Å². The van der Waals surface area contributed by atoms with E-state index in [4.69, 9.17) is 5.73 Å². The maximum Gasteiger partial charge on any atom is 0.419 e. The normalized spacial score (nSPS) is 11.1. The van der Waals surface area contributed by atoms with Crippen LogP contribution in [0.5, 0.6) is 0 Å². The summed E-state index contributed by atoms with van der Waals surface area (Å²) >= 11 is 0. The van der Waals surface area contributed by atoms with Crippen LogP contribution in [0, 0.1) is 0 Å². The Hall–Kier alpha value is -2.84. The van der Waals surface area contributed by atoms with E-state index >= 15 is 0 Å². The molecule has 2 rings (SSSR count). The second kappa shape index (κ2) is 6.95. The molecule has 0 aliphatic rings. The van der Waals surface area contributed by atoms with E-state index in [1.165, 1.54) is 24.5 Å². The Morgan fingerprint density at radius 2 is 1.87 bits per heavy atom. The lowest BCUT2D eigenvalue weighted by Gasteiger charge is -2.13. The Labute approximate surface area is 129 Å². The van der Waals surface area contributed by atoms with Crippen LogP contribution in [0.25, 0.3) is 0 Å². The van der Waals surface area contributed by atoms with Gasteiger partial charge in [0.25, 0.3) is 5.91 Å². The Morgan fingerprint density at radius 3 is 2.57 bits per heavy atom. The number of pyridine rings is 2. The maximum absolute atomic E-state index is 12.8. The van der Waals surface area contributed by atoms with Crippen molar-refractivity contribution < 1.29 is 18.0 Å². The van der Waals surface area contributed by atoms with Crippen LogP contribution < -0.4 is 16.4 Å². The molecule has 1 amide bonds.